The molecule has 7 heteroatoms. The third-order valence-corrected chi connectivity index (χ3v) is 9.96. The van der Waals surface area contributed by atoms with Gasteiger partial charge in [0.15, 0.2) is 0 Å². The van der Waals surface area contributed by atoms with Crippen LogP contribution in [0.25, 0.3) is 10.9 Å². The van der Waals surface area contributed by atoms with Gasteiger partial charge in [-0.25, -0.2) is 4.79 Å². The highest BCUT2D eigenvalue weighted by Crippen LogP contribution is 2.48. The number of fused-ring (bicyclic) bond motifs is 5. The van der Waals surface area contributed by atoms with Gasteiger partial charge in [-0.1, -0.05) is 31.9 Å². The van der Waals surface area contributed by atoms with Crippen molar-refractivity contribution in [2.45, 2.75) is 108 Å². The highest BCUT2D eigenvalue weighted by atomic mass is 16.4. The van der Waals surface area contributed by atoms with Crippen LogP contribution >= 0.6 is 0 Å². The Morgan fingerprint density at radius 2 is 1.56 bits per heavy atom. The van der Waals surface area contributed by atoms with E-state index in [1.54, 1.807) is 24.3 Å². The zero-order chi connectivity index (χ0) is 25.0. The lowest BCUT2D eigenvalue weighted by atomic mass is 9.64. The van der Waals surface area contributed by atoms with Crippen molar-refractivity contribution in [3.8, 4) is 0 Å². The second-order valence-corrected chi connectivity index (χ2v) is 12.1. The average molecular weight is 494 g/mol. The number of hydrogen-bond acceptors (Lipinski definition) is 4. The Kier molecular flexibility index (Phi) is 6.30. The van der Waals surface area contributed by atoms with Gasteiger partial charge in [-0.15, -0.1) is 0 Å². The molecule has 2 aliphatic carbocycles. The van der Waals surface area contributed by atoms with Crippen LogP contribution in [0.15, 0.2) is 33.9 Å². The van der Waals surface area contributed by atoms with E-state index in [4.69, 9.17) is 0 Å². The molecule has 2 aromatic rings. The fourth-order valence-electron chi connectivity index (χ4n) is 8.68. The number of benzene rings is 1. The topological polar surface area (TPSA) is 84.5 Å². The summed E-state index contributed by atoms with van der Waals surface area (Å²) >= 11 is 0. The molecule has 6 atom stereocenters. The van der Waals surface area contributed by atoms with Crippen molar-refractivity contribution in [1.29, 1.82) is 0 Å². The van der Waals surface area contributed by atoms with Gasteiger partial charge in [-0.2, -0.15) is 0 Å². The van der Waals surface area contributed by atoms with Gasteiger partial charge in [-0.3, -0.25) is 23.6 Å². The number of aliphatic carboxylic acids is 1. The van der Waals surface area contributed by atoms with Gasteiger partial charge >= 0.3 is 11.7 Å². The van der Waals surface area contributed by atoms with Crippen molar-refractivity contribution < 1.29 is 9.90 Å². The van der Waals surface area contributed by atoms with Gasteiger partial charge in [0.05, 0.1) is 10.9 Å². The van der Waals surface area contributed by atoms with Gasteiger partial charge in [0, 0.05) is 24.2 Å². The van der Waals surface area contributed by atoms with E-state index in [1.165, 1.54) is 54.1 Å². The summed E-state index contributed by atoms with van der Waals surface area (Å²) in [5, 5.41) is 9.91. The molecule has 2 aliphatic heterocycles. The van der Waals surface area contributed by atoms with E-state index in [2.05, 4.69) is 11.8 Å². The smallest absolute Gasteiger partial charge is 0.332 e. The molecule has 5 unspecified atom stereocenters. The molecule has 3 heterocycles. The molecule has 6 rings (SSSR count). The zero-order valence-electron chi connectivity index (χ0n) is 21.3. The summed E-state index contributed by atoms with van der Waals surface area (Å²) in [7, 11) is 0. The van der Waals surface area contributed by atoms with Crippen LogP contribution < -0.4 is 11.2 Å². The number of hydrogen-bond donors (Lipinski definition) is 1. The number of carbonyl (C=O) groups is 1. The molecule has 4 bridgehead atoms. The number of carboxylic acids is 1. The van der Waals surface area contributed by atoms with Crippen LogP contribution in [0.2, 0.25) is 0 Å². The van der Waals surface area contributed by atoms with Crippen LogP contribution in [0, 0.1) is 17.8 Å². The van der Waals surface area contributed by atoms with Crippen molar-refractivity contribution in [1.82, 2.24) is 14.0 Å². The molecule has 0 amide bonds. The molecule has 2 saturated heterocycles. The van der Waals surface area contributed by atoms with Gasteiger partial charge in [0.25, 0.3) is 5.56 Å². The second-order valence-electron chi connectivity index (χ2n) is 12.1. The number of carboxylic acid groups (broad SMARTS) is 1. The van der Waals surface area contributed by atoms with Gasteiger partial charge < -0.3 is 5.11 Å². The monoisotopic (exact) mass is 493 g/mol. The van der Waals surface area contributed by atoms with Crippen LogP contribution in [-0.2, 0) is 11.3 Å². The van der Waals surface area contributed by atoms with Gasteiger partial charge in [0.1, 0.15) is 6.54 Å². The van der Waals surface area contributed by atoms with E-state index in [1.807, 2.05) is 0 Å². The highest BCUT2D eigenvalue weighted by molar-refractivity contribution is 5.79. The van der Waals surface area contributed by atoms with E-state index in [0.29, 0.717) is 29.0 Å². The first-order chi connectivity index (χ1) is 17.4. The Hall–Kier alpha value is -2.41. The van der Waals surface area contributed by atoms with Crippen LogP contribution in [0.4, 0.5) is 0 Å². The maximum atomic E-state index is 13.6. The lowest BCUT2D eigenvalue weighted by Gasteiger charge is -2.55. The molecule has 1 aromatic carbocycles. The molecule has 2 saturated carbocycles. The molecule has 194 valence electrons. The van der Waals surface area contributed by atoms with Gasteiger partial charge in [-0.05, 0) is 87.7 Å². The third-order valence-electron chi connectivity index (χ3n) is 9.96. The van der Waals surface area contributed by atoms with Crippen molar-refractivity contribution >= 4 is 16.9 Å². The molecule has 4 fully saturated rings. The molecule has 1 N–H and O–H groups in total. The molecule has 0 spiro atoms. The molecular weight excluding hydrogens is 454 g/mol. The maximum Gasteiger partial charge on any atom is 0.332 e. The van der Waals surface area contributed by atoms with Crippen molar-refractivity contribution in [3.05, 3.63) is 45.1 Å². The summed E-state index contributed by atoms with van der Waals surface area (Å²) in [6.45, 7) is 1.91. The Balaban J connectivity index is 1.31. The fourth-order valence-corrected chi connectivity index (χ4v) is 8.68. The summed E-state index contributed by atoms with van der Waals surface area (Å²) in [4.78, 5) is 41.6. The minimum Gasteiger partial charge on any atom is -0.480 e. The van der Waals surface area contributed by atoms with Crippen LogP contribution in [0.3, 0.4) is 0 Å². The largest absolute Gasteiger partial charge is 0.480 e. The van der Waals surface area contributed by atoms with E-state index in [0.717, 1.165) is 43.4 Å². The van der Waals surface area contributed by atoms with E-state index < -0.39 is 18.2 Å². The van der Waals surface area contributed by atoms with Crippen LogP contribution in [-0.4, -0.2) is 43.2 Å². The molecular formula is C29H39N3O4. The lowest BCUT2D eigenvalue weighted by Crippen LogP contribution is -2.59. The zero-order valence-corrected chi connectivity index (χ0v) is 21.3. The summed E-state index contributed by atoms with van der Waals surface area (Å²) in [5.74, 6) is 1.55. The molecule has 36 heavy (non-hydrogen) atoms. The minimum absolute atomic E-state index is 0.172. The van der Waals surface area contributed by atoms with Crippen molar-refractivity contribution in [2.75, 3.05) is 0 Å². The van der Waals surface area contributed by atoms with Crippen LogP contribution in [0.5, 0.6) is 0 Å². The maximum absolute atomic E-state index is 13.6. The standard InChI is InChI=1S/C29H39N3O4/c1-2-18-10-19-12-20(11-18)14-23(13-19)31-21-6-5-7-22(31)16-24(15-21)32-28(35)25-8-3-4-9-26(25)30(29(32)36)17-27(33)34/h3-4,8-9,18-24H,2,5-7,10-17H2,1H3,(H,33,34)/t18?,19-,20?,21?,22?,23?,24?/m0/s1. The summed E-state index contributed by atoms with van der Waals surface area (Å²) in [6, 6.07) is 8.18. The first-order valence-electron chi connectivity index (χ1n) is 14.2. The SMILES string of the molecule is CCC1CC2CC(N3C4CCCC3CC(n3c(=O)c5ccccc5n(CC(=O)O)c3=O)C4)C[C@@H](C1)C2. The quantitative estimate of drug-likeness (QED) is 0.667. The predicted molar refractivity (Wildman–Crippen MR) is 139 cm³/mol. The number of aromatic nitrogens is 2. The Labute approximate surface area is 212 Å². The number of rotatable bonds is 5. The van der Waals surface area contributed by atoms with Gasteiger partial charge in [0.2, 0.25) is 0 Å². The number of nitrogens with zero attached hydrogens (tertiary/aromatic N) is 3. The van der Waals surface area contributed by atoms with E-state index in [9.17, 15) is 19.5 Å². The lowest BCUT2D eigenvalue weighted by molar-refractivity contribution is -0.137. The van der Waals surface area contributed by atoms with E-state index in [-0.39, 0.29) is 11.6 Å². The van der Waals surface area contributed by atoms with Crippen molar-refractivity contribution in [3.63, 3.8) is 0 Å². The predicted octanol–water partition coefficient (Wildman–Crippen LogP) is 4.41. The molecule has 4 aliphatic rings. The Bertz CT molecular complexity index is 1240. The molecule has 0 radical (unpaired) electrons. The summed E-state index contributed by atoms with van der Waals surface area (Å²) in [5.41, 5.74) is -0.343. The summed E-state index contributed by atoms with van der Waals surface area (Å²) < 4.78 is 2.68. The number of piperidine rings is 2. The molecule has 7 nitrogen and oxygen atoms in total. The van der Waals surface area contributed by atoms with Crippen molar-refractivity contribution in [2.24, 2.45) is 17.8 Å². The number of para-hydroxylation sites is 1. The second kappa shape index (κ2) is 9.47. The molecule has 1 aromatic heterocycles. The fraction of sp³-hybridized carbons (Fsp3) is 0.690. The Morgan fingerprint density at radius 1 is 0.889 bits per heavy atom. The first-order valence-corrected chi connectivity index (χ1v) is 14.2. The van der Waals surface area contributed by atoms with Crippen LogP contribution in [0.1, 0.15) is 83.6 Å². The first kappa shape index (κ1) is 24.0. The average Bonchev–Trinajstić information content (AvgIpc) is 2.85. The highest BCUT2D eigenvalue weighted by Gasteiger charge is 2.46. The Morgan fingerprint density at radius 3 is 2.19 bits per heavy atom. The van der Waals surface area contributed by atoms with E-state index >= 15 is 0 Å². The summed E-state index contributed by atoms with van der Waals surface area (Å²) in [6.07, 6.45) is 13.2. The minimum atomic E-state index is -1.08. The third kappa shape index (κ3) is 4.13. The normalized spacial score (nSPS) is 34.5.